The molecule has 0 aliphatic carbocycles. The summed E-state index contributed by atoms with van der Waals surface area (Å²) in [5.74, 6) is 0. The fourth-order valence-electron chi connectivity index (χ4n) is 1.26. The van der Waals surface area contributed by atoms with Gasteiger partial charge in [-0.05, 0) is 24.6 Å². The predicted octanol–water partition coefficient (Wildman–Crippen LogP) is 2.74. The second-order valence-corrected chi connectivity index (χ2v) is 5.16. The first kappa shape index (κ1) is 14.0. The molecule has 3 nitrogen and oxygen atoms in total. The van der Waals surface area contributed by atoms with Gasteiger partial charge in [0.2, 0.25) is 0 Å². The number of rotatable bonds is 3. The molecule has 1 rings (SSSR count). The van der Waals surface area contributed by atoms with Gasteiger partial charge in [0.1, 0.15) is 0 Å². The van der Waals surface area contributed by atoms with Gasteiger partial charge >= 0.3 is 6.18 Å². The van der Waals surface area contributed by atoms with Gasteiger partial charge in [0.05, 0.1) is 17.9 Å². The van der Waals surface area contributed by atoms with Crippen molar-refractivity contribution in [1.82, 2.24) is 0 Å². The van der Waals surface area contributed by atoms with Crippen LogP contribution in [0.25, 0.3) is 0 Å². The molecule has 7 heteroatoms. The Kier molecular flexibility index (Phi) is 3.83. The van der Waals surface area contributed by atoms with Crippen LogP contribution in [-0.2, 0) is 20.5 Å². The molecule has 0 saturated carbocycles. The lowest BCUT2D eigenvalue weighted by atomic mass is 10.1. The summed E-state index contributed by atoms with van der Waals surface area (Å²) < 4.78 is 63.1. The Balaban J connectivity index is 2.88. The van der Waals surface area contributed by atoms with Crippen molar-refractivity contribution in [2.24, 2.45) is 0 Å². The van der Waals surface area contributed by atoms with Gasteiger partial charge in [-0.3, -0.25) is 4.18 Å². The van der Waals surface area contributed by atoms with E-state index in [1.54, 1.807) is 0 Å². The van der Waals surface area contributed by atoms with E-state index >= 15 is 0 Å². The minimum absolute atomic E-state index is 0.364. The average Bonchev–Trinajstić information content (AvgIpc) is 2.14. The SMILES string of the molecule is C[C@@H](OS(C)(=O)=O)c1ccc(C(F)(F)F)cc1. The second kappa shape index (κ2) is 4.66. The summed E-state index contributed by atoms with van der Waals surface area (Å²) in [6.45, 7) is 1.45. The lowest BCUT2D eigenvalue weighted by molar-refractivity contribution is -0.137. The first-order valence-electron chi connectivity index (χ1n) is 4.65. The lowest BCUT2D eigenvalue weighted by Gasteiger charge is -2.12. The van der Waals surface area contributed by atoms with Crippen molar-refractivity contribution in [2.45, 2.75) is 19.2 Å². The molecule has 1 atom stereocenters. The molecule has 0 aliphatic rings. The highest BCUT2D eigenvalue weighted by molar-refractivity contribution is 7.86. The molecule has 0 radical (unpaired) electrons. The largest absolute Gasteiger partial charge is 0.416 e. The van der Waals surface area contributed by atoms with Gasteiger partial charge in [-0.25, -0.2) is 0 Å². The maximum Gasteiger partial charge on any atom is 0.416 e. The van der Waals surface area contributed by atoms with Gasteiger partial charge in [-0.2, -0.15) is 21.6 Å². The Morgan fingerprint density at radius 3 is 2.00 bits per heavy atom. The van der Waals surface area contributed by atoms with Gasteiger partial charge in [0.25, 0.3) is 10.1 Å². The van der Waals surface area contributed by atoms with Crippen molar-refractivity contribution in [3.63, 3.8) is 0 Å². The molecule has 0 unspecified atom stereocenters. The average molecular weight is 268 g/mol. The molecule has 0 fully saturated rings. The van der Waals surface area contributed by atoms with Crippen LogP contribution in [-0.4, -0.2) is 14.7 Å². The van der Waals surface area contributed by atoms with Crippen LogP contribution in [0.4, 0.5) is 13.2 Å². The van der Waals surface area contributed by atoms with Gasteiger partial charge in [-0.1, -0.05) is 12.1 Å². The number of halogens is 3. The molecule has 1 aromatic rings. The third-order valence-corrected chi connectivity index (χ3v) is 2.66. The predicted molar refractivity (Wildman–Crippen MR) is 55.8 cm³/mol. The van der Waals surface area contributed by atoms with Crippen molar-refractivity contribution in [3.8, 4) is 0 Å². The van der Waals surface area contributed by atoms with Crippen molar-refractivity contribution < 1.29 is 25.8 Å². The minimum Gasteiger partial charge on any atom is -0.262 e. The first-order chi connectivity index (χ1) is 7.59. The van der Waals surface area contributed by atoms with E-state index in [2.05, 4.69) is 4.18 Å². The summed E-state index contributed by atoms with van der Waals surface area (Å²) in [5.41, 5.74) is -0.420. The highest BCUT2D eigenvalue weighted by Crippen LogP contribution is 2.30. The Labute approximate surface area is 97.3 Å². The first-order valence-corrected chi connectivity index (χ1v) is 6.46. The minimum atomic E-state index is -4.40. The molecular formula is C10H11F3O3S. The molecule has 96 valence electrons. The third-order valence-electron chi connectivity index (χ3n) is 2.03. The van der Waals surface area contributed by atoms with E-state index in [1.165, 1.54) is 19.1 Å². The Morgan fingerprint density at radius 1 is 1.18 bits per heavy atom. The fourth-order valence-corrected chi connectivity index (χ4v) is 1.90. The molecule has 0 spiro atoms. The van der Waals surface area contributed by atoms with Crippen LogP contribution in [0.5, 0.6) is 0 Å². The van der Waals surface area contributed by atoms with Crippen LogP contribution < -0.4 is 0 Å². The zero-order valence-electron chi connectivity index (χ0n) is 9.15. The Hall–Kier alpha value is -1.08. The van der Waals surface area contributed by atoms with Crippen LogP contribution in [0.2, 0.25) is 0 Å². The van der Waals surface area contributed by atoms with Crippen LogP contribution in [0.1, 0.15) is 24.2 Å². The zero-order chi connectivity index (χ0) is 13.3. The van der Waals surface area contributed by atoms with E-state index < -0.39 is 28.0 Å². The van der Waals surface area contributed by atoms with Gasteiger partial charge in [-0.15, -0.1) is 0 Å². The standard InChI is InChI=1S/C10H11F3O3S/c1-7(16-17(2,14)15)8-3-5-9(6-4-8)10(11,12)13/h3-7H,1-2H3/t7-/m1/s1. The second-order valence-electron chi connectivity index (χ2n) is 3.56. The van der Waals surface area contributed by atoms with E-state index in [1.807, 2.05) is 0 Å². The van der Waals surface area contributed by atoms with Crippen LogP contribution in [0, 0.1) is 0 Å². The topological polar surface area (TPSA) is 43.4 Å². The maximum absolute atomic E-state index is 12.3. The monoisotopic (exact) mass is 268 g/mol. The smallest absolute Gasteiger partial charge is 0.262 e. The summed E-state index contributed by atoms with van der Waals surface area (Å²) in [6, 6.07) is 4.16. The molecule has 0 saturated heterocycles. The van der Waals surface area contributed by atoms with Crippen LogP contribution in [0.15, 0.2) is 24.3 Å². The highest BCUT2D eigenvalue weighted by Gasteiger charge is 2.30. The van der Waals surface area contributed by atoms with Gasteiger partial charge < -0.3 is 0 Å². The number of hydrogen-bond donors (Lipinski definition) is 0. The quantitative estimate of drug-likeness (QED) is 0.792. The van der Waals surface area contributed by atoms with Crippen molar-refractivity contribution >= 4 is 10.1 Å². The summed E-state index contributed by atoms with van der Waals surface area (Å²) >= 11 is 0. The van der Waals surface area contributed by atoms with Crippen LogP contribution >= 0.6 is 0 Å². The van der Waals surface area contributed by atoms with E-state index in [9.17, 15) is 21.6 Å². The van der Waals surface area contributed by atoms with E-state index in [-0.39, 0.29) is 0 Å². The fraction of sp³-hybridized carbons (Fsp3) is 0.400. The summed E-state index contributed by atoms with van der Waals surface area (Å²) in [4.78, 5) is 0. The zero-order valence-corrected chi connectivity index (χ0v) is 9.97. The molecule has 0 aliphatic heterocycles. The molecule has 0 N–H and O–H groups in total. The van der Waals surface area contributed by atoms with E-state index in [0.29, 0.717) is 5.56 Å². The third kappa shape index (κ3) is 4.35. The molecular weight excluding hydrogens is 257 g/mol. The number of benzene rings is 1. The summed E-state index contributed by atoms with van der Waals surface area (Å²) in [7, 11) is -3.63. The molecule has 1 aromatic carbocycles. The van der Waals surface area contributed by atoms with Crippen LogP contribution in [0.3, 0.4) is 0 Å². The molecule has 0 amide bonds. The van der Waals surface area contributed by atoms with Gasteiger partial charge in [0, 0.05) is 0 Å². The van der Waals surface area contributed by atoms with E-state index in [0.717, 1.165) is 18.4 Å². The molecule has 17 heavy (non-hydrogen) atoms. The van der Waals surface area contributed by atoms with Crippen molar-refractivity contribution in [3.05, 3.63) is 35.4 Å². The van der Waals surface area contributed by atoms with Crippen molar-refractivity contribution in [1.29, 1.82) is 0 Å². The number of hydrogen-bond acceptors (Lipinski definition) is 3. The molecule has 0 heterocycles. The normalized spacial score (nSPS) is 14.6. The Morgan fingerprint density at radius 2 is 1.65 bits per heavy atom. The summed E-state index contributed by atoms with van der Waals surface area (Å²) in [5, 5.41) is 0. The lowest BCUT2D eigenvalue weighted by Crippen LogP contribution is -2.09. The molecule has 0 aromatic heterocycles. The highest BCUT2D eigenvalue weighted by atomic mass is 32.2. The summed E-state index contributed by atoms with van der Waals surface area (Å²) in [6.07, 6.45) is -4.33. The number of alkyl halides is 3. The van der Waals surface area contributed by atoms with E-state index in [4.69, 9.17) is 0 Å². The maximum atomic E-state index is 12.3. The molecule has 0 bridgehead atoms. The van der Waals surface area contributed by atoms with Gasteiger partial charge in [0.15, 0.2) is 0 Å². The van der Waals surface area contributed by atoms with Crippen molar-refractivity contribution in [2.75, 3.05) is 6.26 Å². The Bertz CT molecular complexity index is 477.